The van der Waals surface area contributed by atoms with Gasteiger partial charge in [0.1, 0.15) is 9.84 Å². The van der Waals surface area contributed by atoms with Crippen LogP contribution < -0.4 is 10.6 Å². The van der Waals surface area contributed by atoms with E-state index in [1.165, 1.54) is 6.26 Å². The highest BCUT2D eigenvalue weighted by Crippen LogP contribution is 2.10. The molecule has 1 atom stereocenters. The van der Waals surface area contributed by atoms with Gasteiger partial charge in [-0.25, -0.2) is 13.2 Å². The standard InChI is InChI=1S/C15H27N3O3S/c1-5-14(12(2)3)17-15(19)16-13-6-8-18(9-7-13)10-11-22(4,20)21/h1,12-14H,6-11H2,2-4H3,(H2,16,17,19)/t14-/m1/s1. The van der Waals surface area contributed by atoms with Gasteiger partial charge in [-0.05, 0) is 18.8 Å². The van der Waals surface area contributed by atoms with E-state index in [1.54, 1.807) is 0 Å². The Hall–Kier alpha value is -1.26. The molecule has 0 saturated carbocycles. The minimum Gasteiger partial charge on any atom is -0.335 e. The van der Waals surface area contributed by atoms with Crippen LogP contribution in [0.3, 0.4) is 0 Å². The van der Waals surface area contributed by atoms with E-state index in [2.05, 4.69) is 21.5 Å². The molecule has 0 aromatic heterocycles. The Bertz CT molecular complexity index is 503. The summed E-state index contributed by atoms with van der Waals surface area (Å²) in [7, 11) is -2.92. The molecule has 22 heavy (non-hydrogen) atoms. The summed E-state index contributed by atoms with van der Waals surface area (Å²) in [5.41, 5.74) is 0. The molecule has 2 N–H and O–H groups in total. The molecule has 0 radical (unpaired) electrons. The third kappa shape index (κ3) is 7.14. The van der Waals surface area contributed by atoms with Gasteiger partial charge in [0.15, 0.2) is 0 Å². The van der Waals surface area contributed by atoms with E-state index < -0.39 is 9.84 Å². The molecule has 126 valence electrons. The average molecular weight is 329 g/mol. The molecule has 1 saturated heterocycles. The van der Waals surface area contributed by atoms with Crippen molar-refractivity contribution in [3.63, 3.8) is 0 Å². The van der Waals surface area contributed by atoms with Gasteiger partial charge in [0.05, 0.1) is 11.8 Å². The molecule has 2 amide bonds. The number of likely N-dealkylation sites (tertiary alicyclic amines) is 1. The van der Waals surface area contributed by atoms with Crippen molar-refractivity contribution in [3.8, 4) is 12.3 Å². The fourth-order valence-electron chi connectivity index (χ4n) is 2.36. The van der Waals surface area contributed by atoms with Crippen LogP contribution in [0.2, 0.25) is 0 Å². The molecular formula is C15H27N3O3S. The molecular weight excluding hydrogens is 302 g/mol. The highest BCUT2D eigenvalue weighted by atomic mass is 32.2. The number of nitrogens with one attached hydrogen (secondary N) is 2. The molecule has 0 spiro atoms. The number of hydrogen-bond acceptors (Lipinski definition) is 4. The molecule has 1 rings (SSSR count). The minimum absolute atomic E-state index is 0.111. The molecule has 0 bridgehead atoms. The van der Waals surface area contributed by atoms with Crippen LogP contribution in [-0.2, 0) is 9.84 Å². The summed E-state index contributed by atoms with van der Waals surface area (Å²) in [6.45, 7) is 6.08. The average Bonchev–Trinajstić information content (AvgIpc) is 2.43. The fourth-order valence-corrected chi connectivity index (χ4v) is 2.95. The molecule has 1 fully saturated rings. The van der Waals surface area contributed by atoms with Crippen molar-refractivity contribution in [2.75, 3.05) is 31.6 Å². The van der Waals surface area contributed by atoms with Crippen molar-refractivity contribution in [2.45, 2.75) is 38.8 Å². The largest absolute Gasteiger partial charge is 0.335 e. The summed E-state index contributed by atoms with van der Waals surface area (Å²) in [5, 5.41) is 5.73. The molecule has 1 heterocycles. The topological polar surface area (TPSA) is 78.5 Å². The second kappa shape index (κ2) is 8.39. The first-order valence-corrected chi connectivity index (χ1v) is 9.70. The zero-order valence-electron chi connectivity index (χ0n) is 13.6. The van der Waals surface area contributed by atoms with Crippen LogP contribution in [0.4, 0.5) is 4.79 Å². The SMILES string of the molecule is C#C[C@@H](NC(=O)NC1CCN(CCS(C)(=O)=O)CC1)C(C)C. The van der Waals surface area contributed by atoms with E-state index in [0.717, 1.165) is 25.9 Å². The number of amides is 2. The number of rotatable bonds is 6. The van der Waals surface area contributed by atoms with Gasteiger partial charge < -0.3 is 15.5 Å². The molecule has 1 aliphatic heterocycles. The molecule has 0 aliphatic carbocycles. The molecule has 7 heteroatoms. The zero-order valence-corrected chi connectivity index (χ0v) is 14.4. The van der Waals surface area contributed by atoms with Crippen molar-refractivity contribution in [1.82, 2.24) is 15.5 Å². The summed E-state index contributed by atoms with van der Waals surface area (Å²) >= 11 is 0. The van der Waals surface area contributed by atoms with Crippen LogP contribution in [-0.4, -0.2) is 63.1 Å². The number of nitrogens with zero attached hydrogens (tertiary/aromatic N) is 1. The predicted molar refractivity (Wildman–Crippen MR) is 88.3 cm³/mol. The van der Waals surface area contributed by atoms with Gasteiger partial charge in [-0.3, -0.25) is 0 Å². The zero-order chi connectivity index (χ0) is 16.8. The molecule has 0 aromatic rings. The number of hydrogen-bond donors (Lipinski definition) is 2. The lowest BCUT2D eigenvalue weighted by Crippen LogP contribution is -2.51. The number of piperidine rings is 1. The first-order valence-electron chi connectivity index (χ1n) is 7.64. The Balaban J connectivity index is 2.31. The quantitative estimate of drug-likeness (QED) is 0.694. The van der Waals surface area contributed by atoms with Gasteiger partial charge in [0.2, 0.25) is 0 Å². The van der Waals surface area contributed by atoms with E-state index >= 15 is 0 Å². The van der Waals surface area contributed by atoms with Gasteiger partial charge in [0.25, 0.3) is 0 Å². The molecule has 0 unspecified atom stereocenters. The van der Waals surface area contributed by atoms with Gasteiger partial charge in [-0.15, -0.1) is 6.42 Å². The van der Waals surface area contributed by atoms with E-state index in [0.29, 0.717) is 6.54 Å². The second-order valence-corrected chi connectivity index (χ2v) is 8.51. The van der Waals surface area contributed by atoms with Gasteiger partial charge in [0, 0.05) is 31.9 Å². The Labute approximate surface area is 133 Å². The van der Waals surface area contributed by atoms with Crippen LogP contribution in [0.1, 0.15) is 26.7 Å². The van der Waals surface area contributed by atoms with Crippen molar-refractivity contribution in [2.24, 2.45) is 5.92 Å². The fraction of sp³-hybridized carbons (Fsp3) is 0.800. The van der Waals surface area contributed by atoms with Crippen LogP contribution in [0, 0.1) is 18.3 Å². The first-order chi connectivity index (χ1) is 10.2. The number of sulfone groups is 1. The number of carbonyl (C=O) groups excluding carboxylic acids is 1. The summed E-state index contributed by atoms with van der Waals surface area (Å²) in [5.74, 6) is 2.94. The molecule has 6 nitrogen and oxygen atoms in total. The predicted octanol–water partition coefficient (Wildman–Crippen LogP) is 0.452. The second-order valence-electron chi connectivity index (χ2n) is 6.25. The lowest BCUT2D eigenvalue weighted by molar-refractivity contribution is 0.197. The summed E-state index contributed by atoms with van der Waals surface area (Å²) < 4.78 is 22.3. The smallest absolute Gasteiger partial charge is 0.315 e. The third-order valence-corrected chi connectivity index (χ3v) is 4.76. The lowest BCUT2D eigenvalue weighted by Gasteiger charge is -2.32. The maximum atomic E-state index is 11.9. The first kappa shape index (κ1) is 18.8. The van der Waals surface area contributed by atoms with Crippen molar-refractivity contribution >= 4 is 15.9 Å². The Morgan fingerprint density at radius 3 is 2.41 bits per heavy atom. The Morgan fingerprint density at radius 1 is 1.36 bits per heavy atom. The maximum absolute atomic E-state index is 11.9. The van der Waals surface area contributed by atoms with Gasteiger partial charge in [-0.2, -0.15) is 0 Å². The van der Waals surface area contributed by atoms with Crippen molar-refractivity contribution in [3.05, 3.63) is 0 Å². The van der Waals surface area contributed by atoms with Crippen LogP contribution >= 0.6 is 0 Å². The highest BCUT2D eigenvalue weighted by Gasteiger charge is 2.22. The van der Waals surface area contributed by atoms with Crippen LogP contribution in [0.5, 0.6) is 0 Å². The number of carbonyl (C=O) groups is 1. The number of urea groups is 1. The monoisotopic (exact) mass is 329 g/mol. The summed E-state index contributed by atoms with van der Waals surface area (Å²) in [6, 6.07) is -0.388. The van der Waals surface area contributed by atoms with Crippen LogP contribution in [0.25, 0.3) is 0 Å². The maximum Gasteiger partial charge on any atom is 0.315 e. The Kier molecular flexibility index (Phi) is 7.17. The summed E-state index contributed by atoms with van der Waals surface area (Å²) in [4.78, 5) is 14.0. The van der Waals surface area contributed by atoms with E-state index in [4.69, 9.17) is 6.42 Å². The van der Waals surface area contributed by atoms with E-state index in [-0.39, 0.29) is 29.8 Å². The van der Waals surface area contributed by atoms with Gasteiger partial charge >= 0.3 is 6.03 Å². The molecule has 0 aromatic carbocycles. The van der Waals surface area contributed by atoms with Crippen molar-refractivity contribution in [1.29, 1.82) is 0 Å². The lowest BCUT2D eigenvalue weighted by atomic mass is 10.0. The minimum atomic E-state index is -2.92. The highest BCUT2D eigenvalue weighted by molar-refractivity contribution is 7.90. The van der Waals surface area contributed by atoms with E-state index in [1.807, 2.05) is 13.8 Å². The third-order valence-electron chi connectivity index (χ3n) is 3.83. The normalized spacial score (nSPS) is 18.7. The van der Waals surface area contributed by atoms with Crippen molar-refractivity contribution < 1.29 is 13.2 Å². The molecule has 1 aliphatic rings. The van der Waals surface area contributed by atoms with Gasteiger partial charge in [-0.1, -0.05) is 19.8 Å². The summed E-state index contributed by atoms with van der Waals surface area (Å²) in [6.07, 6.45) is 8.28. The number of terminal acetylenes is 1. The van der Waals surface area contributed by atoms with E-state index in [9.17, 15) is 13.2 Å². The Morgan fingerprint density at radius 2 is 1.95 bits per heavy atom. The van der Waals surface area contributed by atoms with Crippen LogP contribution in [0.15, 0.2) is 0 Å².